The second-order valence-corrected chi connectivity index (χ2v) is 4.28. The molecule has 0 bridgehead atoms. The van der Waals surface area contributed by atoms with Crippen LogP contribution in [-0.4, -0.2) is 32.6 Å². The van der Waals surface area contributed by atoms with Gasteiger partial charge in [0.2, 0.25) is 5.91 Å². The Labute approximate surface area is 102 Å². The molecule has 1 heterocycles. The summed E-state index contributed by atoms with van der Waals surface area (Å²) < 4.78 is 0. The molecular formula is C13H19N3O. The van der Waals surface area contributed by atoms with Crippen LogP contribution in [-0.2, 0) is 11.3 Å². The summed E-state index contributed by atoms with van der Waals surface area (Å²) in [6, 6.07) is 8.52. The molecule has 17 heavy (non-hydrogen) atoms. The van der Waals surface area contributed by atoms with Crippen molar-refractivity contribution in [1.82, 2.24) is 10.6 Å². The van der Waals surface area contributed by atoms with Crippen LogP contribution in [0.3, 0.4) is 0 Å². The maximum Gasteiger partial charge on any atom is 0.221 e. The molecule has 92 valence electrons. The van der Waals surface area contributed by atoms with Gasteiger partial charge in [-0.2, -0.15) is 0 Å². The van der Waals surface area contributed by atoms with E-state index in [0.29, 0.717) is 6.42 Å². The Balaban J connectivity index is 2.03. The van der Waals surface area contributed by atoms with Gasteiger partial charge in [-0.15, -0.1) is 0 Å². The van der Waals surface area contributed by atoms with Crippen LogP contribution < -0.4 is 15.5 Å². The molecule has 2 rings (SSSR count). The Kier molecular flexibility index (Phi) is 3.98. The van der Waals surface area contributed by atoms with Crippen molar-refractivity contribution >= 4 is 11.6 Å². The van der Waals surface area contributed by atoms with Crippen molar-refractivity contribution in [3.8, 4) is 0 Å². The molecule has 0 aliphatic carbocycles. The number of carbonyl (C=O) groups excluding carboxylic acids is 1. The monoisotopic (exact) mass is 233 g/mol. The van der Waals surface area contributed by atoms with E-state index in [1.165, 1.54) is 11.3 Å². The second-order valence-electron chi connectivity index (χ2n) is 4.28. The fourth-order valence-corrected chi connectivity index (χ4v) is 2.05. The minimum absolute atomic E-state index is 0.152. The lowest BCUT2D eigenvalue weighted by atomic mass is 10.2. The Morgan fingerprint density at radius 1 is 1.29 bits per heavy atom. The smallest absolute Gasteiger partial charge is 0.221 e. The predicted molar refractivity (Wildman–Crippen MR) is 69.0 cm³/mol. The fraction of sp³-hybridized carbons (Fsp3) is 0.462. The quantitative estimate of drug-likeness (QED) is 0.809. The summed E-state index contributed by atoms with van der Waals surface area (Å²) in [5, 5.41) is 6.02. The number of hydrogen-bond acceptors (Lipinski definition) is 3. The van der Waals surface area contributed by atoms with E-state index in [-0.39, 0.29) is 5.91 Å². The zero-order chi connectivity index (χ0) is 12.1. The van der Waals surface area contributed by atoms with Gasteiger partial charge in [0, 0.05) is 38.3 Å². The highest BCUT2D eigenvalue weighted by Crippen LogP contribution is 2.16. The first-order valence-corrected chi connectivity index (χ1v) is 6.05. The van der Waals surface area contributed by atoms with E-state index in [0.717, 1.165) is 26.2 Å². The first-order valence-electron chi connectivity index (χ1n) is 6.05. The molecule has 0 atom stereocenters. The summed E-state index contributed by atoms with van der Waals surface area (Å²) in [6.07, 6.45) is 0.582. The Morgan fingerprint density at radius 3 is 2.76 bits per heavy atom. The third kappa shape index (κ3) is 3.20. The number of nitrogens with one attached hydrogen (secondary N) is 2. The van der Waals surface area contributed by atoms with Crippen molar-refractivity contribution in [2.24, 2.45) is 0 Å². The Morgan fingerprint density at radius 2 is 2.06 bits per heavy atom. The SMILES string of the molecule is CNCc1ccc(N2CCNC(=O)CC2)cc1. The first-order chi connectivity index (χ1) is 8.29. The van der Waals surface area contributed by atoms with Gasteiger partial charge in [-0.1, -0.05) is 12.1 Å². The molecule has 1 amide bonds. The third-order valence-corrected chi connectivity index (χ3v) is 3.00. The van der Waals surface area contributed by atoms with E-state index in [1.807, 2.05) is 7.05 Å². The van der Waals surface area contributed by atoms with Crippen molar-refractivity contribution < 1.29 is 4.79 Å². The minimum Gasteiger partial charge on any atom is -0.369 e. The molecule has 4 nitrogen and oxygen atoms in total. The van der Waals surface area contributed by atoms with E-state index in [4.69, 9.17) is 0 Å². The summed E-state index contributed by atoms with van der Waals surface area (Å²) in [5.74, 6) is 0.152. The second kappa shape index (κ2) is 5.68. The molecule has 1 saturated heterocycles. The zero-order valence-corrected chi connectivity index (χ0v) is 10.2. The first kappa shape index (κ1) is 11.9. The average molecular weight is 233 g/mol. The Hall–Kier alpha value is -1.55. The van der Waals surface area contributed by atoms with Crippen molar-refractivity contribution in [1.29, 1.82) is 0 Å². The number of benzene rings is 1. The maximum absolute atomic E-state index is 11.3. The summed E-state index contributed by atoms with van der Waals surface area (Å²) in [6.45, 7) is 3.31. The molecule has 0 spiro atoms. The van der Waals surface area contributed by atoms with Gasteiger partial charge in [0.05, 0.1) is 0 Å². The van der Waals surface area contributed by atoms with E-state index in [2.05, 4.69) is 39.8 Å². The highest BCUT2D eigenvalue weighted by molar-refractivity contribution is 5.77. The summed E-state index contributed by atoms with van der Waals surface area (Å²) in [7, 11) is 1.94. The minimum atomic E-state index is 0.152. The average Bonchev–Trinajstić information content (AvgIpc) is 2.56. The summed E-state index contributed by atoms with van der Waals surface area (Å²) in [4.78, 5) is 13.5. The number of amides is 1. The molecule has 1 aliphatic heterocycles. The third-order valence-electron chi connectivity index (χ3n) is 3.00. The fourth-order valence-electron chi connectivity index (χ4n) is 2.05. The molecule has 0 unspecified atom stereocenters. The van der Waals surface area contributed by atoms with E-state index < -0.39 is 0 Å². The van der Waals surface area contributed by atoms with Crippen LogP contribution in [0.2, 0.25) is 0 Å². The van der Waals surface area contributed by atoms with E-state index in [9.17, 15) is 4.79 Å². The molecule has 1 aliphatic rings. The highest BCUT2D eigenvalue weighted by Gasteiger charge is 2.13. The van der Waals surface area contributed by atoms with Crippen molar-refractivity contribution in [2.45, 2.75) is 13.0 Å². The van der Waals surface area contributed by atoms with Crippen LogP contribution in [0.5, 0.6) is 0 Å². The lowest BCUT2D eigenvalue weighted by Crippen LogP contribution is -2.28. The molecule has 0 saturated carbocycles. The molecule has 1 fully saturated rings. The van der Waals surface area contributed by atoms with Crippen LogP contribution in [0.4, 0.5) is 5.69 Å². The van der Waals surface area contributed by atoms with Gasteiger partial charge in [-0.25, -0.2) is 0 Å². The number of nitrogens with zero attached hydrogens (tertiary/aromatic N) is 1. The van der Waals surface area contributed by atoms with Crippen LogP contribution >= 0.6 is 0 Å². The lowest BCUT2D eigenvalue weighted by molar-refractivity contribution is -0.120. The van der Waals surface area contributed by atoms with Crippen molar-refractivity contribution in [3.63, 3.8) is 0 Å². The number of anilines is 1. The molecule has 1 aromatic carbocycles. The predicted octanol–water partition coefficient (Wildman–Crippen LogP) is 0.732. The van der Waals surface area contributed by atoms with E-state index in [1.54, 1.807) is 0 Å². The van der Waals surface area contributed by atoms with Gasteiger partial charge < -0.3 is 15.5 Å². The lowest BCUT2D eigenvalue weighted by Gasteiger charge is -2.22. The highest BCUT2D eigenvalue weighted by atomic mass is 16.1. The van der Waals surface area contributed by atoms with Gasteiger partial charge in [-0.3, -0.25) is 4.79 Å². The van der Waals surface area contributed by atoms with Gasteiger partial charge in [-0.05, 0) is 24.7 Å². The Bertz CT molecular complexity index is 375. The van der Waals surface area contributed by atoms with Gasteiger partial charge in [0.15, 0.2) is 0 Å². The van der Waals surface area contributed by atoms with E-state index >= 15 is 0 Å². The van der Waals surface area contributed by atoms with Crippen LogP contribution in [0.1, 0.15) is 12.0 Å². The standard InChI is InChI=1S/C13H19N3O/c1-14-10-11-2-4-12(5-3-11)16-8-6-13(17)15-7-9-16/h2-5,14H,6-10H2,1H3,(H,15,17). The summed E-state index contributed by atoms with van der Waals surface area (Å²) in [5.41, 5.74) is 2.47. The number of rotatable bonds is 3. The molecular weight excluding hydrogens is 214 g/mol. The topological polar surface area (TPSA) is 44.4 Å². The molecule has 0 radical (unpaired) electrons. The van der Waals surface area contributed by atoms with Crippen molar-refractivity contribution in [3.05, 3.63) is 29.8 Å². The zero-order valence-electron chi connectivity index (χ0n) is 10.2. The number of hydrogen-bond donors (Lipinski definition) is 2. The van der Waals surface area contributed by atoms with Crippen LogP contribution in [0.15, 0.2) is 24.3 Å². The largest absolute Gasteiger partial charge is 0.369 e. The van der Waals surface area contributed by atoms with Crippen LogP contribution in [0, 0.1) is 0 Å². The molecule has 0 aromatic heterocycles. The molecule has 2 N–H and O–H groups in total. The summed E-state index contributed by atoms with van der Waals surface area (Å²) >= 11 is 0. The van der Waals surface area contributed by atoms with Crippen molar-refractivity contribution in [2.75, 3.05) is 31.6 Å². The van der Waals surface area contributed by atoms with Gasteiger partial charge in [0.1, 0.15) is 0 Å². The normalized spacial score (nSPS) is 16.5. The number of carbonyl (C=O) groups is 1. The molecule has 1 aromatic rings. The molecule has 4 heteroatoms. The van der Waals surface area contributed by atoms with Gasteiger partial charge in [0.25, 0.3) is 0 Å². The maximum atomic E-state index is 11.3. The van der Waals surface area contributed by atoms with Gasteiger partial charge >= 0.3 is 0 Å². The van der Waals surface area contributed by atoms with Crippen LogP contribution in [0.25, 0.3) is 0 Å².